The summed E-state index contributed by atoms with van der Waals surface area (Å²) in [5.41, 5.74) is 2.17. The average Bonchev–Trinajstić information content (AvgIpc) is 2.38. The SMILES string of the molecule is COc1cccc(C(=O)c2ccncc2C)c1. The Labute approximate surface area is 100 Å². The van der Waals surface area contributed by atoms with E-state index in [-0.39, 0.29) is 5.78 Å². The predicted molar refractivity (Wildman–Crippen MR) is 65.4 cm³/mol. The van der Waals surface area contributed by atoms with Crippen molar-refractivity contribution in [2.24, 2.45) is 0 Å². The van der Waals surface area contributed by atoms with E-state index in [0.717, 1.165) is 5.56 Å². The van der Waals surface area contributed by atoms with Crippen LogP contribution in [0.5, 0.6) is 5.75 Å². The van der Waals surface area contributed by atoms with Gasteiger partial charge in [-0.25, -0.2) is 0 Å². The van der Waals surface area contributed by atoms with Crippen LogP contribution in [-0.4, -0.2) is 17.9 Å². The maximum absolute atomic E-state index is 12.3. The van der Waals surface area contributed by atoms with Gasteiger partial charge in [-0.15, -0.1) is 0 Å². The van der Waals surface area contributed by atoms with Crippen LogP contribution in [0.2, 0.25) is 0 Å². The minimum Gasteiger partial charge on any atom is -0.497 e. The van der Waals surface area contributed by atoms with Crippen LogP contribution >= 0.6 is 0 Å². The smallest absolute Gasteiger partial charge is 0.193 e. The number of hydrogen-bond donors (Lipinski definition) is 0. The monoisotopic (exact) mass is 227 g/mol. The molecule has 0 N–H and O–H groups in total. The molecule has 0 aliphatic carbocycles. The van der Waals surface area contributed by atoms with Gasteiger partial charge in [0, 0.05) is 23.5 Å². The molecule has 86 valence electrons. The molecular formula is C14H13NO2. The van der Waals surface area contributed by atoms with Gasteiger partial charge in [-0.2, -0.15) is 0 Å². The van der Waals surface area contributed by atoms with Gasteiger partial charge in [0.05, 0.1) is 7.11 Å². The Kier molecular flexibility index (Phi) is 3.19. The van der Waals surface area contributed by atoms with E-state index in [4.69, 9.17) is 4.74 Å². The van der Waals surface area contributed by atoms with E-state index in [1.165, 1.54) is 0 Å². The van der Waals surface area contributed by atoms with Crippen molar-refractivity contribution < 1.29 is 9.53 Å². The molecule has 0 saturated carbocycles. The zero-order chi connectivity index (χ0) is 12.3. The summed E-state index contributed by atoms with van der Waals surface area (Å²) in [5, 5.41) is 0. The molecule has 3 nitrogen and oxygen atoms in total. The van der Waals surface area contributed by atoms with Crippen molar-refractivity contribution in [1.82, 2.24) is 4.98 Å². The van der Waals surface area contributed by atoms with Crippen LogP contribution in [0.25, 0.3) is 0 Å². The fourth-order valence-corrected chi connectivity index (χ4v) is 1.65. The second-order valence-corrected chi connectivity index (χ2v) is 3.75. The van der Waals surface area contributed by atoms with Crippen molar-refractivity contribution in [3.05, 3.63) is 59.4 Å². The second-order valence-electron chi connectivity index (χ2n) is 3.75. The largest absolute Gasteiger partial charge is 0.497 e. The molecule has 0 radical (unpaired) electrons. The number of methoxy groups -OCH3 is 1. The molecule has 0 bridgehead atoms. The van der Waals surface area contributed by atoms with Crippen molar-refractivity contribution in [2.75, 3.05) is 7.11 Å². The van der Waals surface area contributed by atoms with Gasteiger partial charge >= 0.3 is 0 Å². The summed E-state index contributed by atoms with van der Waals surface area (Å²) < 4.78 is 5.11. The van der Waals surface area contributed by atoms with Gasteiger partial charge < -0.3 is 4.74 Å². The van der Waals surface area contributed by atoms with Gasteiger partial charge in [0.15, 0.2) is 5.78 Å². The summed E-state index contributed by atoms with van der Waals surface area (Å²) in [6, 6.07) is 8.88. The normalized spacial score (nSPS) is 10.0. The van der Waals surface area contributed by atoms with Crippen LogP contribution < -0.4 is 4.74 Å². The molecule has 0 aliphatic heterocycles. The summed E-state index contributed by atoms with van der Waals surface area (Å²) in [4.78, 5) is 16.2. The van der Waals surface area contributed by atoms with Crippen molar-refractivity contribution in [2.45, 2.75) is 6.92 Å². The Balaban J connectivity index is 2.40. The van der Waals surface area contributed by atoms with E-state index in [1.807, 2.05) is 19.1 Å². The van der Waals surface area contributed by atoms with E-state index in [1.54, 1.807) is 37.7 Å². The molecule has 1 aromatic carbocycles. The third kappa shape index (κ3) is 2.33. The minimum absolute atomic E-state index is 0.0104. The zero-order valence-corrected chi connectivity index (χ0v) is 9.81. The van der Waals surface area contributed by atoms with E-state index < -0.39 is 0 Å². The number of nitrogens with zero attached hydrogens (tertiary/aromatic N) is 1. The highest BCUT2D eigenvalue weighted by atomic mass is 16.5. The second kappa shape index (κ2) is 4.78. The predicted octanol–water partition coefficient (Wildman–Crippen LogP) is 2.63. The van der Waals surface area contributed by atoms with Crippen molar-refractivity contribution in [1.29, 1.82) is 0 Å². The van der Waals surface area contributed by atoms with E-state index in [0.29, 0.717) is 16.9 Å². The average molecular weight is 227 g/mol. The number of pyridine rings is 1. The number of hydrogen-bond acceptors (Lipinski definition) is 3. The first-order chi connectivity index (χ1) is 8.22. The van der Waals surface area contributed by atoms with E-state index >= 15 is 0 Å². The third-order valence-electron chi connectivity index (χ3n) is 2.60. The maximum atomic E-state index is 12.3. The Morgan fingerprint density at radius 1 is 1.29 bits per heavy atom. The molecule has 3 heteroatoms. The standard InChI is InChI=1S/C14H13NO2/c1-10-9-15-7-6-13(10)14(16)11-4-3-5-12(8-11)17-2/h3-9H,1-2H3. The molecule has 0 amide bonds. The number of ether oxygens (including phenoxy) is 1. The lowest BCUT2D eigenvalue weighted by Crippen LogP contribution is -2.04. The molecule has 0 unspecified atom stereocenters. The van der Waals surface area contributed by atoms with Gasteiger partial charge in [0.25, 0.3) is 0 Å². The van der Waals surface area contributed by atoms with Gasteiger partial charge in [0.2, 0.25) is 0 Å². The molecule has 0 atom stereocenters. The highest BCUT2D eigenvalue weighted by molar-refractivity contribution is 6.09. The molecule has 0 saturated heterocycles. The van der Waals surface area contributed by atoms with Crippen LogP contribution in [-0.2, 0) is 0 Å². The highest BCUT2D eigenvalue weighted by Crippen LogP contribution is 2.17. The number of carbonyl (C=O) groups excluding carboxylic acids is 1. The van der Waals surface area contributed by atoms with Crippen molar-refractivity contribution in [3.63, 3.8) is 0 Å². The summed E-state index contributed by atoms with van der Waals surface area (Å²) in [6.45, 7) is 1.88. The van der Waals surface area contributed by atoms with Crippen LogP contribution in [0.4, 0.5) is 0 Å². The lowest BCUT2D eigenvalue weighted by Gasteiger charge is -2.05. The molecule has 1 aromatic heterocycles. The Hall–Kier alpha value is -2.16. The molecule has 0 spiro atoms. The number of ketones is 1. The molecular weight excluding hydrogens is 214 g/mol. The number of rotatable bonds is 3. The summed E-state index contributed by atoms with van der Waals surface area (Å²) in [6.07, 6.45) is 3.31. The number of aryl methyl sites for hydroxylation is 1. The topological polar surface area (TPSA) is 39.2 Å². The van der Waals surface area contributed by atoms with Gasteiger partial charge in [0.1, 0.15) is 5.75 Å². The van der Waals surface area contributed by atoms with Gasteiger partial charge in [-0.3, -0.25) is 9.78 Å². The molecule has 2 aromatic rings. The van der Waals surface area contributed by atoms with Crippen LogP contribution in [0.1, 0.15) is 21.5 Å². The molecule has 0 aliphatic rings. The minimum atomic E-state index is -0.0104. The zero-order valence-electron chi connectivity index (χ0n) is 9.81. The lowest BCUT2D eigenvalue weighted by atomic mass is 10.0. The number of aromatic nitrogens is 1. The van der Waals surface area contributed by atoms with Gasteiger partial charge in [-0.05, 0) is 30.7 Å². The maximum Gasteiger partial charge on any atom is 0.193 e. The first-order valence-electron chi connectivity index (χ1n) is 5.31. The Morgan fingerprint density at radius 3 is 2.82 bits per heavy atom. The van der Waals surface area contributed by atoms with Crippen LogP contribution in [0.15, 0.2) is 42.7 Å². The fraction of sp³-hybridized carbons (Fsp3) is 0.143. The van der Waals surface area contributed by atoms with Gasteiger partial charge in [-0.1, -0.05) is 12.1 Å². The molecule has 1 heterocycles. The summed E-state index contributed by atoms with van der Waals surface area (Å²) in [5.74, 6) is 0.673. The first-order valence-corrected chi connectivity index (χ1v) is 5.31. The Morgan fingerprint density at radius 2 is 2.12 bits per heavy atom. The first kappa shape index (κ1) is 11.3. The van der Waals surface area contributed by atoms with Crippen LogP contribution in [0, 0.1) is 6.92 Å². The quantitative estimate of drug-likeness (QED) is 0.757. The van der Waals surface area contributed by atoms with Crippen LogP contribution in [0.3, 0.4) is 0 Å². The fourth-order valence-electron chi connectivity index (χ4n) is 1.65. The van der Waals surface area contributed by atoms with Crippen molar-refractivity contribution >= 4 is 5.78 Å². The molecule has 0 fully saturated rings. The lowest BCUT2D eigenvalue weighted by molar-refractivity contribution is 0.103. The highest BCUT2D eigenvalue weighted by Gasteiger charge is 2.11. The summed E-state index contributed by atoms with van der Waals surface area (Å²) >= 11 is 0. The van der Waals surface area contributed by atoms with Crippen molar-refractivity contribution in [3.8, 4) is 5.75 Å². The third-order valence-corrected chi connectivity index (χ3v) is 2.60. The van der Waals surface area contributed by atoms with E-state index in [9.17, 15) is 4.79 Å². The number of carbonyl (C=O) groups is 1. The molecule has 17 heavy (non-hydrogen) atoms. The van der Waals surface area contributed by atoms with E-state index in [2.05, 4.69) is 4.98 Å². The summed E-state index contributed by atoms with van der Waals surface area (Å²) in [7, 11) is 1.58. The Bertz CT molecular complexity index is 549. The number of benzene rings is 1. The molecule has 2 rings (SSSR count).